The number of aromatic nitrogens is 1. The normalized spacial score (nSPS) is 13.8. The number of hydrogen-bond donors (Lipinski definition) is 8. The molecule has 0 fully saturated rings. The van der Waals surface area contributed by atoms with Gasteiger partial charge >= 0.3 is 11.9 Å². The third-order valence-corrected chi connectivity index (χ3v) is 7.21. The van der Waals surface area contributed by atoms with E-state index in [-0.39, 0.29) is 25.7 Å². The van der Waals surface area contributed by atoms with Gasteiger partial charge in [0.05, 0.1) is 6.04 Å². The molecule has 0 aliphatic rings. The third-order valence-electron chi connectivity index (χ3n) is 7.21. The summed E-state index contributed by atoms with van der Waals surface area (Å²) in [5.41, 5.74) is 14.1. The molecule has 0 aliphatic carbocycles. The molecule has 44 heavy (non-hydrogen) atoms. The number of fused-ring (bicyclic) bond motifs is 1. The van der Waals surface area contributed by atoms with E-state index in [1.807, 2.05) is 24.3 Å². The summed E-state index contributed by atoms with van der Waals surface area (Å²) in [6.45, 7) is 0.377. The number of aromatic amines is 1. The lowest BCUT2D eigenvalue weighted by Gasteiger charge is -2.25. The van der Waals surface area contributed by atoms with Gasteiger partial charge in [-0.1, -0.05) is 48.5 Å². The number of unbranched alkanes of at least 4 members (excludes halogenated alkanes) is 1. The smallest absolute Gasteiger partial charge is 0.326 e. The average molecular weight is 609 g/mol. The first kappa shape index (κ1) is 33.7. The van der Waals surface area contributed by atoms with Gasteiger partial charge in [-0.15, -0.1) is 0 Å². The molecule has 2 aromatic carbocycles. The minimum Gasteiger partial charge on any atom is -0.481 e. The lowest BCUT2D eigenvalue weighted by molar-refractivity contribution is -0.142. The van der Waals surface area contributed by atoms with Crippen molar-refractivity contribution in [1.29, 1.82) is 0 Å². The third kappa shape index (κ3) is 10.2. The van der Waals surface area contributed by atoms with Gasteiger partial charge in [0, 0.05) is 29.9 Å². The summed E-state index contributed by atoms with van der Waals surface area (Å²) < 4.78 is 0. The van der Waals surface area contributed by atoms with Crippen LogP contribution in [0.1, 0.15) is 43.2 Å². The van der Waals surface area contributed by atoms with E-state index in [1.54, 1.807) is 36.5 Å². The molecule has 0 saturated carbocycles. The van der Waals surface area contributed by atoms with E-state index in [2.05, 4.69) is 20.9 Å². The van der Waals surface area contributed by atoms with Gasteiger partial charge in [0.25, 0.3) is 0 Å². The zero-order chi connectivity index (χ0) is 32.1. The number of aliphatic carboxylic acids is 2. The number of carboxylic acid groups (broad SMARTS) is 2. The summed E-state index contributed by atoms with van der Waals surface area (Å²) >= 11 is 0. The monoisotopic (exact) mass is 608 g/mol. The van der Waals surface area contributed by atoms with E-state index in [1.165, 1.54) is 0 Å². The first-order valence-corrected chi connectivity index (χ1v) is 14.5. The Morgan fingerprint density at radius 1 is 0.750 bits per heavy atom. The molecule has 236 valence electrons. The Hall–Kier alpha value is -4.75. The molecule has 0 spiro atoms. The molecule has 0 bridgehead atoms. The molecule has 13 nitrogen and oxygen atoms in total. The van der Waals surface area contributed by atoms with E-state index < -0.39 is 60.2 Å². The van der Waals surface area contributed by atoms with Crippen LogP contribution in [0.2, 0.25) is 0 Å². The van der Waals surface area contributed by atoms with E-state index >= 15 is 0 Å². The van der Waals surface area contributed by atoms with Crippen molar-refractivity contribution in [1.82, 2.24) is 20.9 Å². The number of benzene rings is 2. The Labute approximate surface area is 254 Å². The second-order valence-electron chi connectivity index (χ2n) is 10.6. The number of H-pyrrole nitrogens is 1. The first-order chi connectivity index (χ1) is 21.1. The zero-order valence-corrected chi connectivity index (χ0v) is 24.3. The number of carbonyl (C=O) groups is 5. The van der Waals surface area contributed by atoms with Crippen molar-refractivity contribution in [2.75, 3.05) is 6.54 Å². The Morgan fingerprint density at radius 2 is 1.39 bits per heavy atom. The summed E-state index contributed by atoms with van der Waals surface area (Å²) in [4.78, 5) is 66.1. The molecule has 3 rings (SSSR count). The molecule has 0 aliphatic heterocycles. The van der Waals surface area contributed by atoms with Crippen molar-refractivity contribution < 1.29 is 34.2 Å². The minimum absolute atomic E-state index is 0.0211. The van der Waals surface area contributed by atoms with Crippen LogP contribution < -0.4 is 27.4 Å². The topological polar surface area (TPSA) is 230 Å². The fourth-order valence-electron chi connectivity index (χ4n) is 4.80. The van der Waals surface area contributed by atoms with E-state index in [0.29, 0.717) is 24.9 Å². The van der Waals surface area contributed by atoms with Crippen molar-refractivity contribution in [3.8, 4) is 0 Å². The van der Waals surface area contributed by atoms with Crippen LogP contribution >= 0.6 is 0 Å². The van der Waals surface area contributed by atoms with Crippen LogP contribution in [0.3, 0.4) is 0 Å². The molecule has 1 heterocycles. The minimum atomic E-state index is -1.32. The molecule has 10 N–H and O–H groups in total. The van der Waals surface area contributed by atoms with Gasteiger partial charge in [-0.3, -0.25) is 19.2 Å². The van der Waals surface area contributed by atoms with Crippen molar-refractivity contribution in [2.24, 2.45) is 11.5 Å². The van der Waals surface area contributed by atoms with E-state index in [9.17, 15) is 34.2 Å². The molecular weight excluding hydrogens is 568 g/mol. The van der Waals surface area contributed by atoms with Gasteiger partial charge < -0.3 is 42.6 Å². The fourth-order valence-corrected chi connectivity index (χ4v) is 4.80. The van der Waals surface area contributed by atoms with Crippen molar-refractivity contribution in [3.63, 3.8) is 0 Å². The molecule has 0 saturated heterocycles. The average Bonchev–Trinajstić information content (AvgIpc) is 3.41. The molecule has 1 aromatic heterocycles. The Bertz CT molecular complexity index is 1430. The number of hydrogen-bond acceptors (Lipinski definition) is 7. The fraction of sp³-hybridized carbons (Fsp3) is 0.387. The second-order valence-corrected chi connectivity index (χ2v) is 10.6. The quantitative estimate of drug-likeness (QED) is 0.0954. The molecular formula is C31H40N6O7. The number of nitrogens with one attached hydrogen (secondary N) is 4. The first-order valence-electron chi connectivity index (χ1n) is 14.5. The SMILES string of the molecule is NCCCCC(NC(=O)C(Cc1ccccc1)NC(=O)C(CCC(=O)O)NC(=O)C(N)Cc1c[nH]c2ccccc12)C(=O)O. The van der Waals surface area contributed by atoms with Gasteiger partial charge in [-0.25, -0.2) is 4.79 Å². The van der Waals surface area contributed by atoms with Crippen LogP contribution in [0.4, 0.5) is 0 Å². The van der Waals surface area contributed by atoms with Crippen LogP contribution in [-0.2, 0) is 36.8 Å². The van der Waals surface area contributed by atoms with Gasteiger partial charge in [-0.05, 0) is 55.8 Å². The predicted octanol–water partition coefficient (Wildman–Crippen LogP) is 0.813. The lowest BCUT2D eigenvalue weighted by Crippen LogP contribution is -2.57. The Kier molecular flexibility index (Phi) is 12.9. The van der Waals surface area contributed by atoms with Crippen LogP contribution in [-0.4, -0.2) is 75.6 Å². The maximum Gasteiger partial charge on any atom is 0.326 e. The van der Waals surface area contributed by atoms with Crippen LogP contribution in [0.15, 0.2) is 60.8 Å². The van der Waals surface area contributed by atoms with E-state index in [4.69, 9.17) is 11.5 Å². The Balaban J connectivity index is 1.76. The van der Waals surface area contributed by atoms with Gasteiger partial charge in [-0.2, -0.15) is 0 Å². The zero-order valence-electron chi connectivity index (χ0n) is 24.3. The van der Waals surface area contributed by atoms with Crippen LogP contribution in [0.5, 0.6) is 0 Å². The number of carboxylic acids is 2. The lowest BCUT2D eigenvalue weighted by atomic mass is 10.0. The van der Waals surface area contributed by atoms with Crippen LogP contribution in [0, 0.1) is 0 Å². The summed E-state index contributed by atoms with van der Waals surface area (Å²) in [6.07, 6.45) is 2.44. The highest BCUT2D eigenvalue weighted by molar-refractivity contribution is 5.94. The molecule has 3 amide bonds. The summed E-state index contributed by atoms with van der Waals surface area (Å²) in [7, 11) is 0. The summed E-state index contributed by atoms with van der Waals surface area (Å²) in [6, 6.07) is 11.5. The standard InChI is InChI=1S/C31H40N6O7/c32-15-7-6-12-25(31(43)44)36-30(42)26(16-19-8-2-1-3-9-19)37-29(41)24(13-14-27(38)39)35-28(40)22(33)17-20-18-34-23-11-5-4-10-21(20)23/h1-5,8-11,18,22,24-26,34H,6-7,12-17,32-33H2,(H,35,40)(H,36,42)(H,37,41)(H,38,39)(H,43,44). The summed E-state index contributed by atoms with van der Waals surface area (Å²) in [5.74, 6) is -4.61. The number of carbonyl (C=O) groups excluding carboxylic acids is 3. The number of para-hydroxylation sites is 1. The van der Waals surface area contributed by atoms with Crippen molar-refractivity contribution >= 4 is 40.6 Å². The highest BCUT2D eigenvalue weighted by Gasteiger charge is 2.31. The largest absolute Gasteiger partial charge is 0.481 e. The number of amides is 3. The van der Waals surface area contributed by atoms with Crippen molar-refractivity contribution in [3.05, 3.63) is 71.9 Å². The maximum atomic E-state index is 13.5. The Morgan fingerprint density at radius 3 is 2.07 bits per heavy atom. The van der Waals surface area contributed by atoms with Crippen LogP contribution in [0.25, 0.3) is 10.9 Å². The maximum absolute atomic E-state index is 13.5. The van der Waals surface area contributed by atoms with Gasteiger partial charge in [0.15, 0.2) is 0 Å². The van der Waals surface area contributed by atoms with E-state index in [0.717, 1.165) is 16.5 Å². The summed E-state index contributed by atoms with van der Waals surface area (Å²) in [5, 5.41) is 27.4. The molecule has 0 radical (unpaired) electrons. The van der Waals surface area contributed by atoms with Crippen molar-refractivity contribution in [2.45, 2.75) is 69.1 Å². The molecule has 4 unspecified atom stereocenters. The molecule has 4 atom stereocenters. The predicted molar refractivity (Wildman–Crippen MR) is 163 cm³/mol. The number of nitrogens with two attached hydrogens (primary N) is 2. The van der Waals surface area contributed by atoms with Gasteiger partial charge in [0.1, 0.15) is 18.1 Å². The number of rotatable bonds is 18. The molecule has 3 aromatic rings. The van der Waals surface area contributed by atoms with Gasteiger partial charge in [0.2, 0.25) is 17.7 Å². The highest BCUT2D eigenvalue weighted by Crippen LogP contribution is 2.19. The second kappa shape index (κ2) is 16.8. The highest BCUT2D eigenvalue weighted by atomic mass is 16.4. The molecule has 13 heteroatoms.